The molecule has 0 spiro atoms. The first kappa shape index (κ1) is 16.6. The van der Waals surface area contributed by atoms with Gasteiger partial charge in [0.1, 0.15) is 4.99 Å². The zero-order valence-electron chi connectivity index (χ0n) is 13.9. The van der Waals surface area contributed by atoms with E-state index < -0.39 is 5.54 Å². The van der Waals surface area contributed by atoms with E-state index in [2.05, 4.69) is 34.5 Å². The van der Waals surface area contributed by atoms with Crippen molar-refractivity contribution in [1.29, 1.82) is 0 Å². The SMILES string of the molecule is CC1(NC(=O)c2ccc(Cl)o2)CCN(C2CCc3ccccc32)C1=S. The van der Waals surface area contributed by atoms with E-state index in [1.165, 1.54) is 11.1 Å². The standard InChI is InChI=1S/C19H19ClN2O2S/c1-19(21-17(23)15-8-9-16(20)24-15)10-11-22(18(19)25)14-7-6-12-4-2-3-5-13(12)14/h2-5,8-9,14H,6-7,10-11H2,1H3,(H,21,23). The summed E-state index contributed by atoms with van der Waals surface area (Å²) in [7, 11) is 0. The molecule has 2 atom stereocenters. The predicted molar refractivity (Wildman–Crippen MR) is 101 cm³/mol. The lowest BCUT2D eigenvalue weighted by atomic mass is 10.0. The number of fused-ring (bicyclic) bond motifs is 1. The van der Waals surface area contributed by atoms with Gasteiger partial charge in [-0.3, -0.25) is 4.79 Å². The molecule has 1 fully saturated rings. The second-order valence-corrected chi connectivity index (χ2v) is 7.65. The Morgan fingerprint density at radius 2 is 2.16 bits per heavy atom. The van der Waals surface area contributed by atoms with E-state index in [0.717, 1.165) is 30.8 Å². The van der Waals surface area contributed by atoms with Crippen LogP contribution < -0.4 is 5.32 Å². The number of amides is 1. The molecule has 4 nitrogen and oxygen atoms in total. The van der Waals surface area contributed by atoms with E-state index in [9.17, 15) is 4.79 Å². The van der Waals surface area contributed by atoms with Gasteiger partial charge in [0.05, 0.1) is 11.6 Å². The van der Waals surface area contributed by atoms with E-state index in [4.69, 9.17) is 28.2 Å². The Bertz CT molecular complexity index is 849. The number of thiocarbonyl (C=S) groups is 1. The van der Waals surface area contributed by atoms with Crippen LogP contribution in [0.4, 0.5) is 0 Å². The quantitative estimate of drug-likeness (QED) is 0.820. The number of aryl methyl sites for hydroxylation is 1. The lowest BCUT2D eigenvalue weighted by Gasteiger charge is -2.31. The summed E-state index contributed by atoms with van der Waals surface area (Å²) in [5.41, 5.74) is 2.21. The fourth-order valence-electron chi connectivity index (χ4n) is 3.89. The summed E-state index contributed by atoms with van der Waals surface area (Å²) in [6, 6.07) is 12.0. The number of halogens is 1. The molecular weight excluding hydrogens is 356 g/mol. The Morgan fingerprint density at radius 3 is 2.92 bits per heavy atom. The van der Waals surface area contributed by atoms with Gasteiger partial charge < -0.3 is 14.6 Å². The summed E-state index contributed by atoms with van der Waals surface area (Å²) in [4.78, 5) is 15.5. The van der Waals surface area contributed by atoms with Gasteiger partial charge in [-0.1, -0.05) is 36.5 Å². The molecule has 1 amide bonds. The highest BCUT2D eigenvalue weighted by molar-refractivity contribution is 7.80. The van der Waals surface area contributed by atoms with Crippen molar-refractivity contribution in [3.63, 3.8) is 0 Å². The van der Waals surface area contributed by atoms with Gasteiger partial charge in [0.2, 0.25) is 0 Å². The van der Waals surface area contributed by atoms with Crippen LogP contribution in [0.2, 0.25) is 5.22 Å². The molecule has 0 bridgehead atoms. The highest BCUT2D eigenvalue weighted by Crippen LogP contribution is 2.40. The summed E-state index contributed by atoms with van der Waals surface area (Å²) < 4.78 is 5.21. The van der Waals surface area contributed by atoms with Crippen molar-refractivity contribution in [2.24, 2.45) is 0 Å². The first-order valence-corrected chi connectivity index (χ1v) is 9.23. The highest BCUT2D eigenvalue weighted by Gasteiger charge is 2.44. The van der Waals surface area contributed by atoms with Crippen LogP contribution in [0.5, 0.6) is 0 Å². The normalized spacial score (nSPS) is 25.3. The van der Waals surface area contributed by atoms with Crippen LogP contribution in [-0.2, 0) is 6.42 Å². The number of nitrogens with one attached hydrogen (secondary N) is 1. The molecular formula is C19H19ClN2O2S. The van der Waals surface area contributed by atoms with E-state index >= 15 is 0 Å². The first-order chi connectivity index (χ1) is 12.0. The van der Waals surface area contributed by atoms with Crippen LogP contribution in [0.1, 0.15) is 47.5 Å². The number of benzene rings is 1. The van der Waals surface area contributed by atoms with Crippen LogP contribution in [-0.4, -0.2) is 27.9 Å². The lowest BCUT2D eigenvalue weighted by Crippen LogP contribution is -2.51. The number of furan rings is 1. The number of nitrogens with zero attached hydrogens (tertiary/aromatic N) is 1. The Balaban J connectivity index is 1.52. The fraction of sp³-hybridized carbons (Fsp3) is 0.368. The van der Waals surface area contributed by atoms with Crippen LogP contribution in [0.15, 0.2) is 40.8 Å². The molecule has 1 N–H and O–H groups in total. The third-order valence-electron chi connectivity index (χ3n) is 5.25. The molecule has 1 aliphatic heterocycles. The Kier molecular flexibility index (Phi) is 4.08. The topological polar surface area (TPSA) is 45.5 Å². The summed E-state index contributed by atoms with van der Waals surface area (Å²) in [5.74, 6) is -0.0795. The summed E-state index contributed by atoms with van der Waals surface area (Å²) in [6.07, 6.45) is 2.93. The monoisotopic (exact) mass is 374 g/mol. The molecule has 25 heavy (non-hydrogen) atoms. The van der Waals surface area contributed by atoms with Crippen LogP contribution >= 0.6 is 23.8 Å². The molecule has 2 aliphatic rings. The van der Waals surface area contributed by atoms with Gasteiger partial charge >= 0.3 is 0 Å². The molecule has 1 aromatic heterocycles. The lowest BCUT2D eigenvalue weighted by molar-refractivity contribution is 0.0900. The van der Waals surface area contributed by atoms with Gasteiger partial charge in [0, 0.05) is 6.54 Å². The zero-order valence-corrected chi connectivity index (χ0v) is 15.5. The zero-order chi connectivity index (χ0) is 17.6. The second kappa shape index (κ2) is 6.15. The van der Waals surface area contributed by atoms with E-state index in [1.54, 1.807) is 12.1 Å². The Hall–Kier alpha value is -1.85. The van der Waals surface area contributed by atoms with Crippen molar-refractivity contribution in [2.75, 3.05) is 6.54 Å². The largest absolute Gasteiger partial charge is 0.440 e. The molecule has 130 valence electrons. The van der Waals surface area contributed by atoms with Crippen LogP contribution in [0, 0.1) is 0 Å². The number of carbonyl (C=O) groups is 1. The van der Waals surface area contributed by atoms with Crippen LogP contribution in [0.3, 0.4) is 0 Å². The van der Waals surface area contributed by atoms with Gasteiger partial charge in [0.15, 0.2) is 11.0 Å². The van der Waals surface area contributed by atoms with Crippen molar-refractivity contribution in [3.8, 4) is 0 Å². The van der Waals surface area contributed by atoms with Gasteiger partial charge in [-0.15, -0.1) is 0 Å². The fourth-order valence-corrected chi connectivity index (χ4v) is 4.41. The molecule has 2 aromatic rings. The minimum Gasteiger partial charge on any atom is -0.440 e. The molecule has 2 unspecified atom stereocenters. The maximum atomic E-state index is 12.4. The summed E-state index contributed by atoms with van der Waals surface area (Å²) in [6.45, 7) is 2.83. The van der Waals surface area contributed by atoms with Gasteiger partial charge in [0.25, 0.3) is 5.91 Å². The van der Waals surface area contributed by atoms with Crippen molar-refractivity contribution < 1.29 is 9.21 Å². The molecule has 0 saturated carbocycles. The molecule has 1 aromatic carbocycles. The molecule has 1 saturated heterocycles. The summed E-state index contributed by atoms with van der Waals surface area (Å²) >= 11 is 11.5. The average Bonchev–Trinajstić information content (AvgIpc) is 3.27. The molecule has 4 rings (SSSR count). The third-order valence-corrected chi connectivity index (χ3v) is 6.14. The van der Waals surface area contributed by atoms with Crippen LogP contribution in [0.25, 0.3) is 0 Å². The molecule has 2 heterocycles. The molecule has 1 aliphatic carbocycles. The number of carbonyl (C=O) groups excluding carboxylic acids is 1. The number of rotatable bonds is 3. The minimum absolute atomic E-state index is 0.202. The van der Waals surface area contributed by atoms with Crippen molar-refractivity contribution >= 4 is 34.7 Å². The second-order valence-electron chi connectivity index (χ2n) is 6.89. The Morgan fingerprint density at radius 1 is 1.36 bits per heavy atom. The first-order valence-electron chi connectivity index (χ1n) is 8.45. The van der Waals surface area contributed by atoms with Gasteiger partial charge in [-0.05, 0) is 61.0 Å². The van der Waals surface area contributed by atoms with Gasteiger partial charge in [-0.2, -0.15) is 0 Å². The number of hydrogen-bond acceptors (Lipinski definition) is 3. The predicted octanol–water partition coefficient (Wildman–Crippen LogP) is 4.14. The van der Waals surface area contributed by atoms with Crippen molar-refractivity contribution in [2.45, 2.75) is 37.8 Å². The molecule has 6 heteroatoms. The summed E-state index contributed by atoms with van der Waals surface area (Å²) in [5, 5.41) is 3.24. The van der Waals surface area contributed by atoms with E-state index in [0.29, 0.717) is 6.04 Å². The van der Waals surface area contributed by atoms with E-state index in [-0.39, 0.29) is 16.9 Å². The minimum atomic E-state index is -0.552. The van der Waals surface area contributed by atoms with Crippen molar-refractivity contribution in [3.05, 3.63) is 58.5 Å². The van der Waals surface area contributed by atoms with Crippen molar-refractivity contribution in [1.82, 2.24) is 10.2 Å². The smallest absolute Gasteiger partial charge is 0.287 e. The maximum Gasteiger partial charge on any atom is 0.287 e. The number of hydrogen-bond donors (Lipinski definition) is 1. The third kappa shape index (κ3) is 2.85. The Labute approximate surface area is 157 Å². The van der Waals surface area contributed by atoms with E-state index in [1.807, 2.05) is 6.92 Å². The average molecular weight is 375 g/mol. The van der Waals surface area contributed by atoms with Gasteiger partial charge in [-0.25, -0.2) is 0 Å². The number of likely N-dealkylation sites (tertiary alicyclic amines) is 1. The maximum absolute atomic E-state index is 12.4. The highest BCUT2D eigenvalue weighted by atomic mass is 35.5. The molecule has 0 radical (unpaired) electrons.